The summed E-state index contributed by atoms with van der Waals surface area (Å²) in [7, 11) is 0. The average molecular weight is 376 g/mol. The van der Waals surface area contributed by atoms with Crippen molar-refractivity contribution in [3.8, 4) is 0 Å². The summed E-state index contributed by atoms with van der Waals surface area (Å²) < 4.78 is 34.6. The van der Waals surface area contributed by atoms with Gasteiger partial charge in [0.05, 0.1) is 12.2 Å². The molecule has 2 aliphatic rings. The van der Waals surface area contributed by atoms with Crippen molar-refractivity contribution in [2.75, 3.05) is 4.81 Å². The van der Waals surface area contributed by atoms with Crippen LogP contribution in [0.25, 0.3) is 6.08 Å². The first-order valence-corrected chi connectivity index (χ1v) is 9.31. The van der Waals surface area contributed by atoms with Crippen LogP contribution in [0.5, 0.6) is 0 Å². The van der Waals surface area contributed by atoms with Gasteiger partial charge in [0.1, 0.15) is 5.69 Å². The highest BCUT2D eigenvalue weighted by molar-refractivity contribution is 6.68. The van der Waals surface area contributed by atoms with E-state index in [4.69, 9.17) is 0 Å². The molecule has 2 aromatic carbocycles. The van der Waals surface area contributed by atoms with Gasteiger partial charge in [0.15, 0.2) is 5.84 Å². The summed E-state index contributed by atoms with van der Waals surface area (Å²) in [6, 6.07) is 17.0. The monoisotopic (exact) mass is 376 g/mol. The van der Waals surface area contributed by atoms with Gasteiger partial charge >= 0.3 is 12.9 Å². The molecule has 0 bridgehead atoms. The maximum absolute atomic E-state index is 15.8. The maximum atomic E-state index is 15.8. The Bertz CT molecular complexity index is 1150. The Labute approximate surface area is 162 Å². The minimum atomic E-state index is -4.07. The zero-order valence-electron chi connectivity index (χ0n) is 15.7. The third-order valence-corrected chi connectivity index (χ3v) is 5.62. The summed E-state index contributed by atoms with van der Waals surface area (Å²) in [4.78, 5) is 5.74. The number of benzene rings is 2. The first kappa shape index (κ1) is 16.9. The highest BCUT2D eigenvalue weighted by Gasteiger charge is 2.51. The van der Waals surface area contributed by atoms with E-state index in [0.717, 1.165) is 26.1 Å². The zero-order chi connectivity index (χ0) is 19.5. The fraction of sp³-hybridized carbons (Fsp3) is 0.143. The highest BCUT2D eigenvalue weighted by Crippen LogP contribution is 2.36. The van der Waals surface area contributed by atoms with Gasteiger partial charge in [-0.05, 0) is 43.2 Å². The van der Waals surface area contributed by atoms with Crippen LogP contribution in [0.3, 0.4) is 0 Å². The van der Waals surface area contributed by atoms with E-state index in [1.807, 2.05) is 60.0 Å². The van der Waals surface area contributed by atoms with Crippen LogP contribution in [0.2, 0.25) is 0 Å². The number of anilines is 1. The predicted molar refractivity (Wildman–Crippen MR) is 108 cm³/mol. The molecule has 1 aromatic heterocycles. The van der Waals surface area contributed by atoms with Crippen molar-refractivity contribution in [3.63, 3.8) is 0 Å². The molecule has 0 unspecified atom stereocenters. The van der Waals surface area contributed by atoms with E-state index >= 15 is 8.63 Å². The number of rotatable bonds is 2. The number of aliphatic imine (C=N–C) groups is 1. The van der Waals surface area contributed by atoms with Gasteiger partial charge < -0.3 is 17.9 Å². The lowest BCUT2D eigenvalue weighted by Crippen LogP contribution is -2.73. The van der Waals surface area contributed by atoms with Crippen LogP contribution in [0.1, 0.15) is 22.5 Å². The molecule has 5 rings (SSSR count). The van der Waals surface area contributed by atoms with E-state index in [9.17, 15) is 0 Å². The molecule has 2 aliphatic heterocycles. The minimum Gasteiger partial charge on any atom is -0.422 e. The van der Waals surface area contributed by atoms with Gasteiger partial charge in [0, 0.05) is 5.69 Å². The summed E-state index contributed by atoms with van der Waals surface area (Å²) in [5.41, 5.74) is 3.63. The number of aromatic nitrogens is 2. The second-order valence-electron chi connectivity index (χ2n) is 7.23. The lowest BCUT2D eigenvalue weighted by Gasteiger charge is -2.41. The van der Waals surface area contributed by atoms with Crippen LogP contribution in [-0.4, -0.2) is 17.4 Å². The summed E-state index contributed by atoms with van der Waals surface area (Å²) >= 11 is 0. The van der Waals surface area contributed by atoms with Crippen molar-refractivity contribution in [3.05, 3.63) is 83.2 Å². The smallest absolute Gasteiger partial charge is 0.422 e. The van der Waals surface area contributed by atoms with Gasteiger partial charge in [0.2, 0.25) is 0 Å². The summed E-state index contributed by atoms with van der Waals surface area (Å²) in [6.45, 7) is 0.0458. The fourth-order valence-electron chi connectivity index (χ4n) is 4.09. The Morgan fingerprint density at radius 1 is 0.964 bits per heavy atom. The Morgan fingerprint density at radius 3 is 2.46 bits per heavy atom. The Kier molecular flexibility index (Phi) is 3.56. The number of para-hydroxylation sites is 1. The molecular weight excluding hydrogens is 357 g/mol. The molecule has 0 fully saturated rings. The lowest BCUT2D eigenvalue weighted by atomic mass is 9.87. The van der Waals surface area contributed by atoms with Gasteiger partial charge in [-0.3, -0.25) is 0 Å². The third kappa shape index (κ3) is 2.29. The number of hydrogen-bond acceptors (Lipinski definition) is 2. The second kappa shape index (κ2) is 5.89. The normalized spacial score (nSPS) is 16.3. The van der Waals surface area contributed by atoms with E-state index in [-0.39, 0.29) is 5.84 Å². The SMILES string of the molecule is Cc1c(C)[n+]2c(n1Cc1ccccc1)N=C1C=Cc3ccccc3N1[B-]2(F)F. The van der Waals surface area contributed by atoms with E-state index in [2.05, 4.69) is 4.99 Å². The van der Waals surface area contributed by atoms with Crippen molar-refractivity contribution in [1.29, 1.82) is 0 Å². The van der Waals surface area contributed by atoms with E-state index < -0.39 is 6.97 Å². The number of amidine groups is 1. The molecule has 0 spiro atoms. The predicted octanol–water partition coefficient (Wildman–Crippen LogP) is 4.24. The van der Waals surface area contributed by atoms with Crippen LogP contribution in [0.15, 0.2) is 65.7 Å². The number of fused-ring (bicyclic) bond motifs is 4. The molecule has 3 heterocycles. The van der Waals surface area contributed by atoms with Crippen molar-refractivity contribution < 1.29 is 13.1 Å². The first-order valence-electron chi connectivity index (χ1n) is 9.31. The fourth-order valence-corrected chi connectivity index (χ4v) is 4.09. The van der Waals surface area contributed by atoms with Gasteiger partial charge in [-0.2, -0.15) is 0 Å². The largest absolute Gasteiger partial charge is 0.609 e. The lowest BCUT2D eigenvalue weighted by molar-refractivity contribution is -0.559. The maximum Gasteiger partial charge on any atom is 0.609 e. The van der Waals surface area contributed by atoms with Crippen LogP contribution in [0, 0.1) is 13.8 Å². The van der Waals surface area contributed by atoms with Crippen LogP contribution < -0.4 is 9.29 Å². The van der Waals surface area contributed by atoms with E-state index in [1.54, 1.807) is 25.1 Å². The topological polar surface area (TPSA) is 24.4 Å². The summed E-state index contributed by atoms with van der Waals surface area (Å²) in [5, 5.41) is 0. The van der Waals surface area contributed by atoms with Gasteiger partial charge in [-0.15, -0.1) is 0 Å². The van der Waals surface area contributed by atoms with Crippen molar-refractivity contribution in [2.24, 2.45) is 4.99 Å². The highest BCUT2D eigenvalue weighted by atomic mass is 19.2. The molecule has 140 valence electrons. The quantitative estimate of drug-likeness (QED) is 0.614. The molecular formula is C21H19BF2N4. The van der Waals surface area contributed by atoms with Crippen molar-refractivity contribution in [2.45, 2.75) is 20.4 Å². The first-order chi connectivity index (χ1) is 13.5. The van der Waals surface area contributed by atoms with Gasteiger partial charge in [-0.1, -0.05) is 53.5 Å². The van der Waals surface area contributed by atoms with Gasteiger partial charge in [0.25, 0.3) is 0 Å². The molecule has 0 amide bonds. The van der Waals surface area contributed by atoms with Crippen LogP contribution in [0.4, 0.5) is 20.3 Å². The Morgan fingerprint density at radius 2 is 1.68 bits per heavy atom. The molecule has 0 saturated heterocycles. The van der Waals surface area contributed by atoms with Crippen molar-refractivity contribution in [1.82, 2.24) is 4.57 Å². The molecule has 3 aromatic rings. The van der Waals surface area contributed by atoms with E-state index in [0.29, 0.717) is 23.9 Å². The number of hydrogen-bond donors (Lipinski definition) is 0. The number of nitrogens with zero attached hydrogens (tertiary/aromatic N) is 4. The Hall–Kier alpha value is -3.22. The molecule has 7 heteroatoms. The van der Waals surface area contributed by atoms with Crippen LogP contribution in [-0.2, 0) is 6.54 Å². The van der Waals surface area contributed by atoms with Crippen LogP contribution >= 0.6 is 0 Å². The standard InChI is InChI=1S/C21H19BF2N4/c1-15-16(2)27-21(26(15)14-17-8-4-3-5-9-17)25-20-13-12-18-10-6-7-11-19(18)28(20)22(27,23)24/h3-13H,14H2,1-2H3. The molecule has 0 saturated carbocycles. The van der Waals surface area contributed by atoms with Crippen molar-refractivity contribution >= 4 is 30.5 Å². The molecule has 28 heavy (non-hydrogen) atoms. The van der Waals surface area contributed by atoms with E-state index in [1.165, 1.54) is 0 Å². The minimum absolute atomic E-state index is 0.274. The molecule has 0 aliphatic carbocycles. The average Bonchev–Trinajstić information content (AvgIpc) is 2.93. The zero-order valence-corrected chi connectivity index (χ0v) is 15.7. The molecule has 4 nitrogen and oxygen atoms in total. The Balaban J connectivity index is 1.72. The molecule has 0 N–H and O–H groups in total. The third-order valence-electron chi connectivity index (χ3n) is 5.62. The molecule has 0 atom stereocenters. The second-order valence-corrected chi connectivity index (χ2v) is 7.23. The molecule has 0 radical (unpaired) electrons. The summed E-state index contributed by atoms with van der Waals surface area (Å²) in [5.74, 6) is 0.564. The number of imidazole rings is 1. The van der Waals surface area contributed by atoms with Gasteiger partial charge in [-0.25, -0.2) is 4.57 Å². The summed E-state index contributed by atoms with van der Waals surface area (Å²) in [6.07, 6.45) is 3.52. The number of halogens is 2.